The number of hydrogen-bond donors (Lipinski definition) is 0. The number of hydrogen-bond acceptors (Lipinski definition) is 3. The first-order chi connectivity index (χ1) is 12.8. The molecule has 148 valence electrons. The second-order valence-corrected chi connectivity index (χ2v) is 10.5. The number of thioether (sulfide) groups is 2. The summed E-state index contributed by atoms with van der Waals surface area (Å²) in [5, 5.41) is 0.870. The average Bonchev–Trinajstić information content (AvgIpc) is 2.65. The molecule has 0 aromatic heterocycles. The zero-order chi connectivity index (χ0) is 18.5. The van der Waals surface area contributed by atoms with E-state index in [0.717, 1.165) is 5.25 Å². The van der Waals surface area contributed by atoms with Crippen molar-refractivity contribution in [1.82, 2.24) is 4.90 Å². The van der Waals surface area contributed by atoms with Gasteiger partial charge in [0.1, 0.15) is 0 Å². The van der Waals surface area contributed by atoms with Crippen molar-refractivity contribution in [1.29, 1.82) is 0 Å². The van der Waals surface area contributed by atoms with Gasteiger partial charge in [0.15, 0.2) is 0 Å². The lowest BCUT2D eigenvalue weighted by Gasteiger charge is -2.23. The van der Waals surface area contributed by atoms with Gasteiger partial charge in [-0.15, -0.1) is 11.8 Å². The molecule has 0 radical (unpaired) electrons. The van der Waals surface area contributed by atoms with E-state index in [-0.39, 0.29) is 0 Å². The monoisotopic (exact) mass is 393 g/mol. The van der Waals surface area contributed by atoms with E-state index in [0.29, 0.717) is 0 Å². The van der Waals surface area contributed by atoms with Crippen LogP contribution in [0.1, 0.15) is 69.8 Å². The van der Waals surface area contributed by atoms with Crippen LogP contribution in [0.15, 0.2) is 29.2 Å². The third-order valence-electron chi connectivity index (χ3n) is 5.21. The summed E-state index contributed by atoms with van der Waals surface area (Å²) in [7, 11) is 4.33. The van der Waals surface area contributed by atoms with Crippen molar-refractivity contribution < 1.29 is 0 Å². The van der Waals surface area contributed by atoms with Crippen LogP contribution in [0.4, 0.5) is 0 Å². The lowest BCUT2D eigenvalue weighted by Crippen LogP contribution is -2.13. The van der Waals surface area contributed by atoms with Gasteiger partial charge in [-0.05, 0) is 75.9 Å². The van der Waals surface area contributed by atoms with Crippen molar-refractivity contribution in [3.8, 4) is 0 Å². The van der Waals surface area contributed by atoms with E-state index in [1.54, 1.807) is 10.5 Å². The zero-order valence-electron chi connectivity index (χ0n) is 17.0. The Labute approximate surface area is 171 Å². The summed E-state index contributed by atoms with van der Waals surface area (Å²) in [6.45, 7) is 1.23. The minimum Gasteiger partial charge on any atom is -0.309 e. The maximum atomic E-state index is 2.31. The van der Waals surface area contributed by atoms with Crippen LogP contribution in [0.5, 0.6) is 0 Å². The number of benzene rings is 1. The van der Waals surface area contributed by atoms with Crippen LogP contribution in [-0.2, 0) is 6.42 Å². The Morgan fingerprint density at radius 3 is 2.42 bits per heavy atom. The van der Waals surface area contributed by atoms with E-state index < -0.39 is 0 Å². The highest BCUT2D eigenvalue weighted by Gasteiger charge is 2.18. The molecule has 0 spiro atoms. The fraction of sp³-hybridized carbons (Fsp3) is 0.739. The second-order valence-electron chi connectivity index (χ2n) is 7.92. The van der Waals surface area contributed by atoms with Gasteiger partial charge < -0.3 is 4.90 Å². The fourth-order valence-electron chi connectivity index (χ4n) is 3.63. The number of fused-ring (bicyclic) bond motifs is 1. The molecule has 0 saturated heterocycles. The Kier molecular flexibility index (Phi) is 11.9. The highest BCUT2D eigenvalue weighted by atomic mass is 32.2. The zero-order valence-corrected chi connectivity index (χ0v) is 18.7. The lowest BCUT2D eigenvalue weighted by molar-refractivity contribution is 0.410. The maximum Gasteiger partial charge on any atom is 0.0107 e. The molecule has 1 unspecified atom stereocenters. The highest BCUT2D eigenvalue weighted by Crippen LogP contribution is 2.37. The van der Waals surface area contributed by atoms with Crippen molar-refractivity contribution in [3.05, 3.63) is 29.8 Å². The molecule has 26 heavy (non-hydrogen) atoms. The quantitative estimate of drug-likeness (QED) is 0.316. The molecule has 3 heteroatoms. The Hall–Kier alpha value is -0.120. The summed E-state index contributed by atoms with van der Waals surface area (Å²) in [5.74, 6) is 2.70. The average molecular weight is 394 g/mol. The van der Waals surface area contributed by atoms with Gasteiger partial charge in [-0.25, -0.2) is 0 Å². The molecule has 0 fully saturated rings. The topological polar surface area (TPSA) is 3.24 Å². The van der Waals surface area contributed by atoms with Gasteiger partial charge in [-0.1, -0.05) is 56.7 Å². The lowest BCUT2D eigenvalue weighted by atomic mass is 10.0. The molecule has 1 aliphatic rings. The first kappa shape index (κ1) is 22.2. The van der Waals surface area contributed by atoms with Crippen molar-refractivity contribution in [2.45, 2.75) is 80.8 Å². The van der Waals surface area contributed by atoms with Gasteiger partial charge >= 0.3 is 0 Å². The van der Waals surface area contributed by atoms with E-state index in [4.69, 9.17) is 0 Å². The molecule has 1 nitrogen and oxygen atoms in total. The van der Waals surface area contributed by atoms with Gasteiger partial charge in [-0.2, -0.15) is 11.8 Å². The third kappa shape index (κ3) is 9.71. The molecule has 1 aromatic carbocycles. The van der Waals surface area contributed by atoms with Crippen molar-refractivity contribution in [2.24, 2.45) is 0 Å². The Morgan fingerprint density at radius 2 is 1.62 bits per heavy atom. The number of unbranched alkanes of at least 4 members (excludes halogenated alkanes) is 6. The molecule has 0 bridgehead atoms. The largest absolute Gasteiger partial charge is 0.309 e. The second kappa shape index (κ2) is 14.0. The molecular formula is C23H39NS2. The summed E-state index contributed by atoms with van der Waals surface area (Å²) in [5.41, 5.74) is 1.57. The van der Waals surface area contributed by atoms with Gasteiger partial charge in [0, 0.05) is 10.1 Å². The molecule has 0 aliphatic carbocycles. The van der Waals surface area contributed by atoms with Gasteiger partial charge in [0.2, 0.25) is 0 Å². The SMILES string of the molecule is CN(C)CCCSCCCCCCCCCC1CCc2ccccc2S1. The van der Waals surface area contributed by atoms with E-state index in [1.807, 2.05) is 0 Å². The van der Waals surface area contributed by atoms with E-state index in [9.17, 15) is 0 Å². The summed E-state index contributed by atoms with van der Waals surface area (Å²) in [4.78, 5) is 3.83. The smallest absolute Gasteiger partial charge is 0.0107 e. The number of aryl methyl sites for hydroxylation is 1. The molecule has 1 aromatic rings. The minimum atomic E-state index is 0.870. The normalized spacial score (nSPS) is 16.8. The van der Waals surface area contributed by atoms with Crippen LogP contribution in [0.2, 0.25) is 0 Å². The molecular weight excluding hydrogens is 354 g/mol. The van der Waals surface area contributed by atoms with E-state index in [2.05, 4.69) is 66.8 Å². The Bertz CT molecular complexity index is 475. The van der Waals surface area contributed by atoms with Crippen molar-refractivity contribution in [2.75, 3.05) is 32.1 Å². The Balaban J connectivity index is 1.35. The predicted molar refractivity (Wildman–Crippen MR) is 122 cm³/mol. The molecule has 0 amide bonds. The molecule has 0 saturated carbocycles. The van der Waals surface area contributed by atoms with Crippen molar-refractivity contribution >= 4 is 23.5 Å². The van der Waals surface area contributed by atoms with Crippen LogP contribution >= 0.6 is 23.5 Å². The van der Waals surface area contributed by atoms with Crippen LogP contribution in [-0.4, -0.2) is 42.3 Å². The summed E-state index contributed by atoms with van der Waals surface area (Å²) < 4.78 is 0. The van der Waals surface area contributed by atoms with Gasteiger partial charge in [0.25, 0.3) is 0 Å². The number of rotatable bonds is 14. The molecule has 1 aliphatic heterocycles. The predicted octanol–water partition coefficient (Wildman–Crippen LogP) is 6.90. The van der Waals surface area contributed by atoms with Crippen LogP contribution < -0.4 is 0 Å². The summed E-state index contributed by atoms with van der Waals surface area (Å²) in [6.07, 6.45) is 15.5. The highest BCUT2D eigenvalue weighted by molar-refractivity contribution is 8.00. The van der Waals surface area contributed by atoms with Crippen LogP contribution in [0.25, 0.3) is 0 Å². The van der Waals surface area contributed by atoms with E-state index >= 15 is 0 Å². The summed E-state index contributed by atoms with van der Waals surface area (Å²) in [6, 6.07) is 8.99. The summed E-state index contributed by atoms with van der Waals surface area (Å²) >= 11 is 4.29. The third-order valence-corrected chi connectivity index (χ3v) is 7.82. The number of nitrogens with zero attached hydrogens (tertiary/aromatic N) is 1. The van der Waals surface area contributed by atoms with Crippen molar-refractivity contribution in [3.63, 3.8) is 0 Å². The first-order valence-corrected chi connectivity index (χ1v) is 12.8. The van der Waals surface area contributed by atoms with E-state index in [1.165, 1.54) is 88.7 Å². The maximum absolute atomic E-state index is 2.31. The molecule has 1 atom stereocenters. The fourth-order valence-corrected chi connectivity index (χ4v) is 5.93. The van der Waals surface area contributed by atoms with Gasteiger partial charge in [-0.3, -0.25) is 0 Å². The molecule has 1 heterocycles. The molecule has 0 N–H and O–H groups in total. The minimum absolute atomic E-state index is 0.870. The van der Waals surface area contributed by atoms with Gasteiger partial charge in [0.05, 0.1) is 0 Å². The van der Waals surface area contributed by atoms with Crippen LogP contribution in [0.3, 0.4) is 0 Å². The Morgan fingerprint density at radius 1 is 0.923 bits per heavy atom. The first-order valence-electron chi connectivity index (χ1n) is 10.7. The molecule has 2 rings (SSSR count). The van der Waals surface area contributed by atoms with Crippen LogP contribution in [0, 0.1) is 0 Å². The standard InChI is InChI=1S/C23H39NS2/c1-24(2)18-12-20-25-19-11-7-5-3-4-6-8-14-22-17-16-21-13-9-10-15-23(21)26-22/h9-10,13,15,22H,3-8,11-12,14,16-20H2,1-2H3.